The summed E-state index contributed by atoms with van der Waals surface area (Å²) >= 11 is 3.32. The van der Waals surface area contributed by atoms with Crippen molar-refractivity contribution in [3.63, 3.8) is 0 Å². The summed E-state index contributed by atoms with van der Waals surface area (Å²) in [5, 5.41) is 0. The molecule has 0 unspecified atom stereocenters. The maximum atomic E-state index is 12.3. The molecule has 0 saturated carbocycles. The van der Waals surface area contributed by atoms with Gasteiger partial charge in [0.25, 0.3) is 0 Å². The molecule has 1 aromatic rings. The van der Waals surface area contributed by atoms with Crippen molar-refractivity contribution in [2.75, 3.05) is 6.54 Å². The van der Waals surface area contributed by atoms with Gasteiger partial charge in [-0.1, -0.05) is 61.5 Å². The number of aryl methyl sites for hydroxylation is 1. The van der Waals surface area contributed by atoms with E-state index in [0.717, 1.165) is 28.8 Å². The summed E-state index contributed by atoms with van der Waals surface area (Å²) in [6.45, 7) is 6.78. The van der Waals surface area contributed by atoms with Gasteiger partial charge in [-0.3, -0.25) is 0 Å². The molecule has 120 valence electrons. The minimum atomic E-state index is -3.40. The minimum Gasteiger partial charge on any atom is -0.211 e. The van der Waals surface area contributed by atoms with Crippen molar-refractivity contribution >= 4 is 26.0 Å². The lowest BCUT2D eigenvalue weighted by Gasteiger charge is -2.10. The van der Waals surface area contributed by atoms with Crippen molar-refractivity contribution in [2.45, 2.75) is 57.8 Å². The van der Waals surface area contributed by atoms with Crippen LogP contribution in [0.15, 0.2) is 27.6 Å². The highest BCUT2D eigenvalue weighted by atomic mass is 79.9. The monoisotopic (exact) mass is 375 g/mol. The van der Waals surface area contributed by atoms with Crippen LogP contribution >= 0.6 is 15.9 Å². The van der Waals surface area contributed by atoms with Crippen LogP contribution in [0.1, 0.15) is 51.5 Å². The SMILES string of the molecule is Cc1ccc(Br)cc1S(=O)(=O)NCCCCCCC(C)C. The largest absolute Gasteiger partial charge is 0.240 e. The Morgan fingerprint density at radius 1 is 1.14 bits per heavy atom. The molecular weight excluding hydrogens is 350 g/mol. The van der Waals surface area contributed by atoms with E-state index < -0.39 is 10.0 Å². The summed E-state index contributed by atoms with van der Waals surface area (Å²) in [6.07, 6.45) is 5.63. The van der Waals surface area contributed by atoms with Crippen molar-refractivity contribution in [1.82, 2.24) is 4.72 Å². The highest BCUT2D eigenvalue weighted by Gasteiger charge is 2.16. The quantitative estimate of drug-likeness (QED) is 0.638. The number of unbranched alkanes of at least 4 members (excludes halogenated alkanes) is 3. The molecule has 0 atom stereocenters. The van der Waals surface area contributed by atoms with Gasteiger partial charge in [0.05, 0.1) is 4.90 Å². The van der Waals surface area contributed by atoms with Crippen LogP contribution in [-0.4, -0.2) is 15.0 Å². The molecule has 3 nitrogen and oxygen atoms in total. The molecule has 0 saturated heterocycles. The van der Waals surface area contributed by atoms with E-state index in [9.17, 15) is 8.42 Å². The predicted molar refractivity (Wildman–Crippen MR) is 92.0 cm³/mol. The van der Waals surface area contributed by atoms with Crippen molar-refractivity contribution in [1.29, 1.82) is 0 Å². The second kappa shape index (κ2) is 8.91. The molecule has 0 fully saturated rings. The maximum Gasteiger partial charge on any atom is 0.240 e. The first-order chi connectivity index (χ1) is 9.83. The zero-order chi connectivity index (χ0) is 15.9. The van der Waals surface area contributed by atoms with Crippen molar-refractivity contribution in [2.24, 2.45) is 5.92 Å². The van der Waals surface area contributed by atoms with Crippen LogP contribution in [0.4, 0.5) is 0 Å². The van der Waals surface area contributed by atoms with E-state index in [1.165, 1.54) is 19.3 Å². The maximum absolute atomic E-state index is 12.3. The summed E-state index contributed by atoms with van der Waals surface area (Å²) < 4.78 is 28.0. The molecule has 0 heterocycles. The second-order valence-corrected chi connectivity index (χ2v) is 8.56. The van der Waals surface area contributed by atoms with E-state index in [-0.39, 0.29) is 0 Å². The fourth-order valence-corrected chi connectivity index (χ4v) is 4.03. The van der Waals surface area contributed by atoms with E-state index in [1.807, 2.05) is 19.1 Å². The number of hydrogen-bond donors (Lipinski definition) is 1. The van der Waals surface area contributed by atoms with Crippen molar-refractivity contribution in [3.05, 3.63) is 28.2 Å². The van der Waals surface area contributed by atoms with Crippen LogP contribution in [0, 0.1) is 12.8 Å². The van der Waals surface area contributed by atoms with Crippen LogP contribution in [0.25, 0.3) is 0 Å². The lowest BCUT2D eigenvalue weighted by atomic mass is 10.0. The van der Waals surface area contributed by atoms with Gasteiger partial charge in [-0.2, -0.15) is 0 Å². The average Bonchev–Trinajstić information content (AvgIpc) is 2.40. The highest BCUT2D eigenvalue weighted by Crippen LogP contribution is 2.20. The zero-order valence-electron chi connectivity index (χ0n) is 13.2. The molecule has 0 aliphatic rings. The van der Waals surface area contributed by atoms with Gasteiger partial charge in [-0.05, 0) is 37.0 Å². The van der Waals surface area contributed by atoms with Gasteiger partial charge in [0.2, 0.25) is 10.0 Å². The topological polar surface area (TPSA) is 46.2 Å². The third-order valence-corrected chi connectivity index (χ3v) is 5.54. The van der Waals surface area contributed by atoms with E-state index >= 15 is 0 Å². The first-order valence-electron chi connectivity index (χ1n) is 7.59. The molecular formula is C16H26BrNO2S. The molecule has 0 aliphatic heterocycles. The zero-order valence-corrected chi connectivity index (χ0v) is 15.6. The van der Waals surface area contributed by atoms with Gasteiger partial charge < -0.3 is 0 Å². The van der Waals surface area contributed by atoms with Gasteiger partial charge in [-0.15, -0.1) is 0 Å². The molecule has 0 aliphatic carbocycles. The number of hydrogen-bond acceptors (Lipinski definition) is 2. The summed E-state index contributed by atoms with van der Waals surface area (Å²) in [7, 11) is -3.40. The summed E-state index contributed by atoms with van der Waals surface area (Å²) in [6, 6.07) is 5.31. The van der Waals surface area contributed by atoms with E-state index in [4.69, 9.17) is 0 Å². The standard InChI is InChI=1S/C16H26BrNO2S/c1-13(2)8-6-4-5-7-11-18-21(19,20)16-12-15(17)10-9-14(16)3/h9-10,12-13,18H,4-8,11H2,1-3H3. The number of rotatable bonds is 9. The molecule has 1 N–H and O–H groups in total. The Balaban J connectivity index is 2.38. The van der Waals surface area contributed by atoms with Crippen LogP contribution in [0.2, 0.25) is 0 Å². The molecule has 0 aromatic heterocycles. The first-order valence-corrected chi connectivity index (χ1v) is 9.86. The number of halogens is 1. The van der Waals surface area contributed by atoms with Crippen LogP contribution in [-0.2, 0) is 10.0 Å². The van der Waals surface area contributed by atoms with Crippen molar-refractivity contribution in [3.8, 4) is 0 Å². The molecule has 0 spiro atoms. The Morgan fingerprint density at radius 2 is 1.81 bits per heavy atom. The highest BCUT2D eigenvalue weighted by molar-refractivity contribution is 9.10. The molecule has 1 aromatic carbocycles. The normalized spacial score (nSPS) is 12.0. The lowest BCUT2D eigenvalue weighted by molar-refractivity contribution is 0.517. The molecule has 0 amide bonds. The molecule has 5 heteroatoms. The fourth-order valence-electron chi connectivity index (χ4n) is 2.18. The average molecular weight is 376 g/mol. The van der Waals surface area contributed by atoms with Gasteiger partial charge >= 0.3 is 0 Å². The number of nitrogens with one attached hydrogen (secondary N) is 1. The molecule has 1 rings (SSSR count). The third kappa shape index (κ3) is 6.94. The predicted octanol–water partition coefficient (Wildman–Crippen LogP) is 4.64. The Labute approximate surface area is 137 Å². The first kappa shape index (κ1) is 18.7. The van der Waals surface area contributed by atoms with Gasteiger partial charge in [-0.25, -0.2) is 13.1 Å². The number of benzene rings is 1. The second-order valence-electron chi connectivity index (χ2n) is 5.90. The smallest absolute Gasteiger partial charge is 0.211 e. The van der Waals surface area contributed by atoms with E-state index in [2.05, 4.69) is 34.5 Å². The van der Waals surface area contributed by atoms with E-state index in [1.54, 1.807) is 6.07 Å². The molecule has 0 bridgehead atoms. The minimum absolute atomic E-state index is 0.358. The Morgan fingerprint density at radius 3 is 2.48 bits per heavy atom. The number of sulfonamides is 1. The summed E-state index contributed by atoms with van der Waals surface area (Å²) in [5.74, 6) is 0.753. The van der Waals surface area contributed by atoms with Crippen LogP contribution in [0.3, 0.4) is 0 Å². The Bertz CT molecular complexity index is 541. The van der Waals surface area contributed by atoms with Gasteiger partial charge in [0.1, 0.15) is 0 Å². The van der Waals surface area contributed by atoms with Crippen LogP contribution in [0.5, 0.6) is 0 Å². The van der Waals surface area contributed by atoms with Crippen LogP contribution < -0.4 is 4.72 Å². The Hall–Kier alpha value is -0.390. The third-order valence-electron chi connectivity index (χ3n) is 3.44. The van der Waals surface area contributed by atoms with Gasteiger partial charge in [0, 0.05) is 11.0 Å². The summed E-state index contributed by atoms with van der Waals surface area (Å²) in [5.41, 5.74) is 0.766. The van der Waals surface area contributed by atoms with Gasteiger partial charge in [0.15, 0.2) is 0 Å². The van der Waals surface area contributed by atoms with Crippen molar-refractivity contribution < 1.29 is 8.42 Å². The molecule has 0 radical (unpaired) electrons. The molecule has 21 heavy (non-hydrogen) atoms. The summed E-state index contributed by atoms with van der Waals surface area (Å²) in [4.78, 5) is 0.358. The Kier molecular flexibility index (Phi) is 7.92. The fraction of sp³-hybridized carbons (Fsp3) is 0.625. The van der Waals surface area contributed by atoms with E-state index in [0.29, 0.717) is 11.4 Å². The lowest BCUT2D eigenvalue weighted by Crippen LogP contribution is -2.25.